The summed E-state index contributed by atoms with van der Waals surface area (Å²) in [6.07, 6.45) is 0.213. The Bertz CT molecular complexity index is 1620. The van der Waals surface area contributed by atoms with Crippen molar-refractivity contribution in [2.45, 2.75) is 30.8 Å². The molecule has 0 spiro atoms. The van der Waals surface area contributed by atoms with Crippen molar-refractivity contribution in [3.8, 4) is 5.75 Å². The molecule has 0 saturated heterocycles. The van der Waals surface area contributed by atoms with Gasteiger partial charge in [-0.2, -0.15) is 0 Å². The van der Waals surface area contributed by atoms with Gasteiger partial charge in [-0.15, -0.1) is 0 Å². The highest BCUT2D eigenvalue weighted by Crippen LogP contribution is 2.27. The first-order valence-electron chi connectivity index (χ1n) is 13.8. The molecule has 4 aromatic carbocycles. The maximum Gasteiger partial charge on any atom is 0.264 e. The van der Waals surface area contributed by atoms with E-state index in [1.165, 1.54) is 24.1 Å². The largest absolute Gasteiger partial charge is 0.494 e. The Kier molecular flexibility index (Phi) is 10.8. The smallest absolute Gasteiger partial charge is 0.264 e. The van der Waals surface area contributed by atoms with Crippen LogP contribution in [-0.4, -0.2) is 51.4 Å². The SMILES string of the molecule is CCOc1ccc(N(CC(=O)N(Cc2ccccc2Cl)C(Cc2ccccc2)C(=O)NC)S(=O)(=O)c2ccccc2)cc1. The van der Waals surface area contributed by atoms with Gasteiger partial charge in [0, 0.05) is 25.0 Å². The fraction of sp³-hybridized carbons (Fsp3) is 0.212. The molecule has 0 aromatic heterocycles. The van der Waals surface area contributed by atoms with Crippen molar-refractivity contribution < 1.29 is 22.7 Å². The Morgan fingerprint density at radius 1 is 0.860 bits per heavy atom. The van der Waals surface area contributed by atoms with Crippen LogP contribution < -0.4 is 14.4 Å². The van der Waals surface area contributed by atoms with Gasteiger partial charge >= 0.3 is 0 Å². The number of rotatable bonds is 13. The minimum Gasteiger partial charge on any atom is -0.494 e. The van der Waals surface area contributed by atoms with Crippen LogP contribution in [0.25, 0.3) is 0 Å². The van der Waals surface area contributed by atoms with E-state index in [0.717, 1.165) is 9.87 Å². The molecule has 0 radical (unpaired) electrons. The molecule has 224 valence electrons. The lowest BCUT2D eigenvalue weighted by Gasteiger charge is -2.33. The van der Waals surface area contributed by atoms with Gasteiger partial charge in [0.25, 0.3) is 10.0 Å². The van der Waals surface area contributed by atoms with Crippen LogP contribution in [0, 0.1) is 0 Å². The molecular formula is C33H34ClN3O5S. The molecule has 4 aromatic rings. The minimum atomic E-state index is -4.18. The summed E-state index contributed by atoms with van der Waals surface area (Å²) in [6.45, 7) is 1.73. The lowest BCUT2D eigenvalue weighted by molar-refractivity contribution is -0.139. The predicted octanol–water partition coefficient (Wildman–Crippen LogP) is 5.32. The van der Waals surface area contributed by atoms with Crippen molar-refractivity contribution >= 4 is 39.1 Å². The van der Waals surface area contributed by atoms with E-state index >= 15 is 0 Å². The zero-order valence-corrected chi connectivity index (χ0v) is 25.6. The van der Waals surface area contributed by atoms with Crippen molar-refractivity contribution in [3.05, 3.63) is 125 Å². The van der Waals surface area contributed by atoms with Gasteiger partial charge in [-0.3, -0.25) is 13.9 Å². The van der Waals surface area contributed by atoms with E-state index in [2.05, 4.69) is 5.32 Å². The molecule has 43 heavy (non-hydrogen) atoms. The average molecular weight is 620 g/mol. The molecule has 1 N–H and O–H groups in total. The number of anilines is 1. The molecule has 0 saturated carbocycles. The quantitative estimate of drug-likeness (QED) is 0.219. The number of hydrogen-bond acceptors (Lipinski definition) is 5. The minimum absolute atomic E-state index is 0.00801. The Morgan fingerprint density at radius 2 is 1.47 bits per heavy atom. The molecule has 0 bridgehead atoms. The zero-order valence-electron chi connectivity index (χ0n) is 24.0. The summed E-state index contributed by atoms with van der Waals surface area (Å²) in [5.74, 6) is -0.391. The van der Waals surface area contributed by atoms with E-state index in [0.29, 0.717) is 22.9 Å². The third kappa shape index (κ3) is 7.94. The second-order valence-corrected chi connectivity index (χ2v) is 12.0. The number of likely N-dealkylation sites (N-methyl/N-ethyl adjacent to an activating group) is 1. The predicted molar refractivity (Wildman–Crippen MR) is 169 cm³/mol. The summed E-state index contributed by atoms with van der Waals surface area (Å²) in [4.78, 5) is 29.1. The summed E-state index contributed by atoms with van der Waals surface area (Å²) < 4.78 is 34.6. The Hall–Kier alpha value is -4.34. The average Bonchev–Trinajstić information content (AvgIpc) is 3.03. The number of sulfonamides is 1. The molecule has 0 aliphatic heterocycles. The van der Waals surface area contributed by atoms with E-state index < -0.39 is 28.5 Å². The molecule has 10 heteroatoms. The number of amides is 2. The van der Waals surface area contributed by atoms with Crippen LogP contribution in [0.2, 0.25) is 5.02 Å². The van der Waals surface area contributed by atoms with Crippen LogP contribution in [0.4, 0.5) is 5.69 Å². The van der Waals surface area contributed by atoms with Gasteiger partial charge in [-0.25, -0.2) is 8.42 Å². The summed E-state index contributed by atoms with van der Waals surface area (Å²) in [5, 5.41) is 3.10. The first-order chi connectivity index (χ1) is 20.7. The van der Waals surface area contributed by atoms with E-state index in [-0.39, 0.29) is 29.5 Å². The van der Waals surface area contributed by atoms with Crippen molar-refractivity contribution in [1.29, 1.82) is 0 Å². The second-order valence-electron chi connectivity index (χ2n) is 9.68. The molecule has 0 fully saturated rings. The van der Waals surface area contributed by atoms with Gasteiger partial charge in [0.2, 0.25) is 11.8 Å². The van der Waals surface area contributed by atoms with Crippen molar-refractivity contribution in [3.63, 3.8) is 0 Å². The molecule has 0 aliphatic rings. The lowest BCUT2D eigenvalue weighted by Crippen LogP contribution is -2.53. The van der Waals surface area contributed by atoms with Crippen LogP contribution in [0.15, 0.2) is 114 Å². The fourth-order valence-electron chi connectivity index (χ4n) is 4.65. The number of benzene rings is 4. The van der Waals surface area contributed by atoms with Gasteiger partial charge in [0.05, 0.1) is 17.2 Å². The highest BCUT2D eigenvalue weighted by Gasteiger charge is 2.34. The Balaban J connectivity index is 1.78. The van der Waals surface area contributed by atoms with Crippen LogP contribution in [0.5, 0.6) is 5.75 Å². The number of carbonyl (C=O) groups excluding carboxylic acids is 2. The standard InChI is InChI=1S/C33H34ClN3O5S/c1-3-42-28-20-18-27(19-21-28)37(43(40,41)29-15-8-5-9-16-29)24-32(38)36(23-26-14-10-11-17-30(26)34)31(33(39)35-2)22-25-12-6-4-7-13-25/h4-21,31H,3,22-24H2,1-2H3,(H,35,39). The fourth-order valence-corrected chi connectivity index (χ4v) is 6.29. The molecule has 0 aliphatic carbocycles. The maximum atomic E-state index is 14.3. The molecule has 2 amide bonds. The van der Waals surface area contributed by atoms with Crippen LogP contribution in [-0.2, 0) is 32.6 Å². The van der Waals surface area contributed by atoms with Gasteiger partial charge < -0.3 is 15.0 Å². The number of halogens is 1. The lowest BCUT2D eigenvalue weighted by atomic mass is 10.0. The molecule has 0 heterocycles. The normalized spacial score (nSPS) is 11.8. The van der Waals surface area contributed by atoms with E-state index in [1.54, 1.807) is 66.7 Å². The van der Waals surface area contributed by atoms with Gasteiger partial charge in [-0.1, -0.05) is 78.3 Å². The van der Waals surface area contributed by atoms with Crippen LogP contribution in [0.3, 0.4) is 0 Å². The van der Waals surface area contributed by atoms with Crippen molar-refractivity contribution in [2.75, 3.05) is 24.5 Å². The molecule has 4 rings (SSSR count). The first kappa shape index (κ1) is 31.6. The van der Waals surface area contributed by atoms with Gasteiger partial charge in [-0.05, 0) is 60.5 Å². The highest BCUT2D eigenvalue weighted by molar-refractivity contribution is 7.92. The number of nitrogens with zero attached hydrogens (tertiary/aromatic N) is 2. The van der Waals surface area contributed by atoms with Crippen LogP contribution in [0.1, 0.15) is 18.1 Å². The highest BCUT2D eigenvalue weighted by atomic mass is 35.5. The summed E-state index contributed by atoms with van der Waals surface area (Å²) in [7, 11) is -2.68. The van der Waals surface area contributed by atoms with Crippen LogP contribution >= 0.6 is 11.6 Å². The molecule has 8 nitrogen and oxygen atoms in total. The number of nitrogens with one attached hydrogen (secondary N) is 1. The third-order valence-electron chi connectivity index (χ3n) is 6.86. The third-order valence-corrected chi connectivity index (χ3v) is 9.02. The summed E-state index contributed by atoms with van der Waals surface area (Å²) in [6, 6.07) is 29.9. The molecular weight excluding hydrogens is 586 g/mol. The Morgan fingerprint density at radius 3 is 2.07 bits per heavy atom. The summed E-state index contributed by atoms with van der Waals surface area (Å²) >= 11 is 6.49. The number of ether oxygens (including phenoxy) is 1. The van der Waals surface area contributed by atoms with E-state index in [4.69, 9.17) is 16.3 Å². The van der Waals surface area contributed by atoms with Crippen molar-refractivity contribution in [1.82, 2.24) is 10.2 Å². The zero-order chi connectivity index (χ0) is 30.8. The Labute approximate surface area is 257 Å². The van der Waals surface area contributed by atoms with Gasteiger partial charge in [0.15, 0.2) is 0 Å². The van der Waals surface area contributed by atoms with E-state index in [1.807, 2.05) is 37.3 Å². The second kappa shape index (κ2) is 14.7. The maximum absolute atomic E-state index is 14.3. The molecule has 1 atom stereocenters. The van der Waals surface area contributed by atoms with Gasteiger partial charge in [0.1, 0.15) is 18.3 Å². The monoisotopic (exact) mass is 619 g/mol. The number of carbonyl (C=O) groups is 2. The summed E-state index contributed by atoms with van der Waals surface area (Å²) in [5.41, 5.74) is 1.74. The number of hydrogen-bond donors (Lipinski definition) is 1. The first-order valence-corrected chi connectivity index (χ1v) is 15.7. The molecule has 1 unspecified atom stereocenters. The van der Waals surface area contributed by atoms with Crippen molar-refractivity contribution in [2.24, 2.45) is 0 Å². The van der Waals surface area contributed by atoms with E-state index in [9.17, 15) is 18.0 Å². The topological polar surface area (TPSA) is 96.0 Å².